The molecular weight excluding hydrogens is 352 g/mol. The summed E-state index contributed by atoms with van der Waals surface area (Å²) in [5.74, 6) is -0.417. The monoisotopic (exact) mass is 362 g/mol. The molecule has 0 saturated carbocycles. The molecule has 0 amide bonds. The minimum absolute atomic E-state index is 0.269. The van der Waals surface area contributed by atoms with Gasteiger partial charge in [-0.1, -0.05) is 0 Å². The molecular formula is C11H12Br2N2O2. The van der Waals surface area contributed by atoms with Crippen LogP contribution in [-0.2, 0) is 11.3 Å². The Labute approximate surface area is 116 Å². The smallest absolute Gasteiger partial charge is 0.303 e. The first-order valence-electron chi connectivity index (χ1n) is 5.28. The standard InChI is InChI=1S/C11H12Br2N2O2/c12-8-2-9(13)10(14-3-8)6-15-4-7(5-15)1-11(16)17/h2-3,7H,1,4-6H2,(H,16,17). The molecule has 6 heteroatoms. The van der Waals surface area contributed by atoms with Gasteiger partial charge in [0.05, 0.1) is 12.1 Å². The van der Waals surface area contributed by atoms with Gasteiger partial charge < -0.3 is 5.11 Å². The van der Waals surface area contributed by atoms with E-state index in [-0.39, 0.29) is 6.42 Å². The topological polar surface area (TPSA) is 53.4 Å². The number of aromatic nitrogens is 1. The van der Waals surface area contributed by atoms with Gasteiger partial charge in [0.25, 0.3) is 0 Å². The van der Waals surface area contributed by atoms with Crippen molar-refractivity contribution in [3.63, 3.8) is 0 Å². The highest BCUT2D eigenvalue weighted by atomic mass is 79.9. The molecule has 17 heavy (non-hydrogen) atoms. The van der Waals surface area contributed by atoms with Crippen molar-refractivity contribution in [2.75, 3.05) is 13.1 Å². The predicted octanol–water partition coefficient (Wildman–Crippen LogP) is 2.51. The fourth-order valence-corrected chi connectivity index (χ4v) is 3.07. The lowest BCUT2D eigenvalue weighted by molar-refractivity contribution is -0.139. The quantitative estimate of drug-likeness (QED) is 0.892. The average molecular weight is 364 g/mol. The van der Waals surface area contributed by atoms with Crippen LogP contribution < -0.4 is 0 Å². The van der Waals surface area contributed by atoms with E-state index in [4.69, 9.17) is 5.11 Å². The largest absolute Gasteiger partial charge is 0.481 e. The molecule has 1 aromatic heterocycles. The third-order valence-corrected chi connectivity index (χ3v) is 3.87. The molecule has 2 heterocycles. The summed E-state index contributed by atoms with van der Waals surface area (Å²) >= 11 is 6.83. The zero-order chi connectivity index (χ0) is 12.4. The van der Waals surface area contributed by atoms with E-state index in [1.54, 1.807) is 6.20 Å². The van der Waals surface area contributed by atoms with E-state index in [1.807, 2.05) is 6.07 Å². The Balaban J connectivity index is 1.85. The zero-order valence-corrected chi connectivity index (χ0v) is 12.2. The Bertz CT molecular complexity index is 433. The Hall–Kier alpha value is -0.460. The van der Waals surface area contributed by atoms with E-state index in [0.717, 1.165) is 34.3 Å². The Morgan fingerprint density at radius 3 is 2.82 bits per heavy atom. The summed E-state index contributed by atoms with van der Waals surface area (Å²) in [6.45, 7) is 2.46. The van der Waals surface area contributed by atoms with Crippen LogP contribution in [0.5, 0.6) is 0 Å². The third kappa shape index (κ3) is 3.50. The number of hydrogen-bond donors (Lipinski definition) is 1. The maximum absolute atomic E-state index is 10.5. The molecule has 0 aromatic carbocycles. The van der Waals surface area contributed by atoms with Crippen molar-refractivity contribution in [3.8, 4) is 0 Å². The van der Waals surface area contributed by atoms with Crippen LogP contribution in [0.1, 0.15) is 12.1 Å². The molecule has 0 unspecified atom stereocenters. The summed E-state index contributed by atoms with van der Waals surface area (Å²) in [6, 6.07) is 1.97. The number of pyridine rings is 1. The van der Waals surface area contributed by atoms with Crippen LogP contribution in [0.2, 0.25) is 0 Å². The molecule has 1 aliphatic rings. The summed E-state index contributed by atoms with van der Waals surface area (Å²) in [5, 5.41) is 8.66. The number of carboxylic acids is 1. The lowest BCUT2D eigenvalue weighted by Gasteiger charge is -2.38. The van der Waals surface area contributed by atoms with Crippen LogP contribution >= 0.6 is 31.9 Å². The summed E-state index contributed by atoms with van der Waals surface area (Å²) in [4.78, 5) is 17.1. The van der Waals surface area contributed by atoms with Crippen molar-refractivity contribution in [1.29, 1.82) is 0 Å². The lowest BCUT2D eigenvalue weighted by atomic mass is 9.96. The molecule has 2 rings (SSSR count). The molecule has 92 valence electrons. The van der Waals surface area contributed by atoms with Gasteiger partial charge in [0.15, 0.2) is 0 Å². The average Bonchev–Trinajstić information content (AvgIpc) is 2.17. The zero-order valence-electron chi connectivity index (χ0n) is 9.07. The van der Waals surface area contributed by atoms with Crippen molar-refractivity contribution in [1.82, 2.24) is 9.88 Å². The molecule has 0 aliphatic carbocycles. The van der Waals surface area contributed by atoms with Gasteiger partial charge in [-0.15, -0.1) is 0 Å². The second-order valence-electron chi connectivity index (χ2n) is 4.24. The lowest BCUT2D eigenvalue weighted by Crippen LogP contribution is -2.46. The Morgan fingerprint density at radius 1 is 1.53 bits per heavy atom. The predicted molar refractivity (Wildman–Crippen MR) is 70.7 cm³/mol. The van der Waals surface area contributed by atoms with Gasteiger partial charge >= 0.3 is 5.97 Å². The number of nitrogens with zero attached hydrogens (tertiary/aromatic N) is 2. The maximum Gasteiger partial charge on any atom is 0.303 e. The van der Waals surface area contributed by atoms with Gasteiger partial charge in [0.2, 0.25) is 0 Å². The second kappa shape index (κ2) is 5.46. The Kier molecular flexibility index (Phi) is 4.17. The normalized spacial score (nSPS) is 16.8. The highest BCUT2D eigenvalue weighted by Gasteiger charge is 2.28. The fraction of sp³-hybridized carbons (Fsp3) is 0.455. The van der Waals surface area contributed by atoms with E-state index in [2.05, 4.69) is 41.7 Å². The van der Waals surface area contributed by atoms with Gasteiger partial charge in [-0.25, -0.2) is 0 Å². The van der Waals surface area contributed by atoms with Crippen LogP contribution in [-0.4, -0.2) is 34.0 Å². The first-order chi connectivity index (χ1) is 8.04. The second-order valence-corrected chi connectivity index (χ2v) is 6.01. The first-order valence-corrected chi connectivity index (χ1v) is 6.87. The highest BCUT2D eigenvalue weighted by Crippen LogP contribution is 2.25. The number of likely N-dealkylation sites (tertiary alicyclic amines) is 1. The minimum atomic E-state index is -0.711. The van der Waals surface area contributed by atoms with E-state index >= 15 is 0 Å². The van der Waals surface area contributed by atoms with E-state index < -0.39 is 5.97 Å². The SMILES string of the molecule is O=C(O)CC1CN(Cc2ncc(Br)cc2Br)C1. The molecule has 1 aliphatic heterocycles. The molecule has 4 nitrogen and oxygen atoms in total. The number of hydrogen-bond acceptors (Lipinski definition) is 3. The fourth-order valence-electron chi connectivity index (χ4n) is 1.95. The van der Waals surface area contributed by atoms with Crippen molar-refractivity contribution < 1.29 is 9.90 Å². The van der Waals surface area contributed by atoms with Gasteiger partial charge in [0, 0.05) is 34.8 Å². The molecule has 0 spiro atoms. The number of halogens is 2. The molecule has 1 saturated heterocycles. The van der Waals surface area contributed by atoms with Crippen LogP contribution in [0.25, 0.3) is 0 Å². The minimum Gasteiger partial charge on any atom is -0.481 e. The van der Waals surface area contributed by atoms with Crippen molar-refractivity contribution in [2.24, 2.45) is 5.92 Å². The molecule has 0 atom stereocenters. The molecule has 0 radical (unpaired) electrons. The van der Waals surface area contributed by atoms with Gasteiger partial charge in [-0.05, 0) is 43.8 Å². The van der Waals surface area contributed by atoms with Crippen molar-refractivity contribution in [3.05, 3.63) is 26.9 Å². The molecule has 0 bridgehead atoms. The van der Waals surface area contributed by atoms with Crippen molar-refractivity contribution in [2.45, 2.75) is 13.0 Å². The number of carboxylic acid groups (broad SMARTS) is 1. The van der Waals surface area contributed by atoms with Crippen molar-refractivity contribution >= 4 is 37.8 Å². The van der Waals surface area contributed by atoms with Crippen LogP contribution in [0.4, 0.5) is 0 Å². The Morgan fingerprint density at radius 2 is 2.24 bits per heavy atom. The van der Waals surface area contributed by atoms with E-state index in [9.17, 15) is 4.79 Å². The van der Waals surface area contributed by atoms with Crippen LogP contribution in [0.3, 0.4) is 0 Å². The number of aliphatic carboxylic acids is 1. The summed E-state index contributed by atoms with van der Waals surface area (Å²) in [7, 11) is 0. The number of rotatable bonds is 4. The third-order valence-electron chi connectivity index (χ3n) is 2.75. The van der Waals surface area contributed by atoms with E-state index in [0.29, 0.717) is 5.92 Å². The summed E-state index contributed by atoms with van der Waals surface area (Å²) in [5.41, 5.74) is 0.988. The summed E-state index contributed by atoms with van der Waals surface area (Å²) < 4.78 is 1.93. The van der Waals surface area contributed by atoms with Gasteiger partial charge in [0.1, 0.15) is 0 Å². The van der Waals surface area contributed by atoms with Crippen LogP contribution in [0.15, 0.2) is 21.2 Å². The molecule has 1 fully saturated rings. The summed E-state index contributed by atoms with van der Waals surface area (Å²) in [6.07, 6.45) is 2.04. The highest BCUT2D eigenvalue weighted by molar-refractivity contribution is 9.11. The molecule has 1 N–H and O–H groups in total. The number of carbonyl (C=O) groups is 1. The van der Waals surface area contributed by atoms with E-state index in [1.165, 1.54) is 0 Å². The van der Waals surface area contributed by atoms with Gasteiger partial charge in [-0.3, -0.25) is 14.7 Å². The van der Waals surface area contributed by atoms with Crippen LogP contribution in [0, 0.1) is 5.92 Å². The van der Waals surface area contributed by atoms with Gasteiger partial charge in [-0.2, -0.15) is 0 Å². The molecule has 1 aromatic rings. The maximum atomic E-state index is 10.5. The first kappa shape index (κ1) is 13.0.